The molecule has 1 aliphatic heterocycles. The van der Waals surface area contributed by atoms with Gasteiger partial charge in [0, 0.05) is 36.1 Å². The molecule has 5 heteroatoms. The van der Waals surface area contributed by atoms with E-state index in [0.717, 1.165) is 0 Å². The topological polar surface area (TPSA) is 53.0 Å². The first kappa shape index (κ1) is 9.26. The van der Waals surface area contributed by atoms with Gasteiger partial charge in [0.2, 0.25) is 0 Å². The van der Waals surface area contributed by atoms with Crippen molar-refractivity contribution in [2.45, 2.75) is 0 Å². The molecule has 1 aliphatic rings. The zero-order valence-electron chi connectivity index (χ0n) is 5.14. The summed E-state index contributed by atoms with van der Waals surface area (Å²) >= 11 is 1.12. The molecule has 56 valence electrons. The van der Waals surface area contributed by atoms with Crippen molar-refractivity contribution in [3.63, 3.8) is 0 Å². The third-order valence-electron chi connectivity index (χ3n) is 0.846. The van der Waals surface area contributed by atoms with Crippen LogP contribution in [0.2, 0.25) is 0 Å². The third kappa shape index (κ3) is 8.26. The summed E-state index contributed by atoms with van der Waals surface area (Å²) in [5, 5.41) is 3.26. The molecule has 0 aromatic rings. The number of hydrogen-bond donors (Lipinski definition) is 2. The summed E-state index contributed by atoms with van der Waals surface area (Å²) in [6.45, 7) is 2.43. The monoisotopic (exact) mass is 168 g/mol. The molecule has 3 nitrogen and oxygen atoms in total. The van der Waals surface area contributed by atoms with Gasteiger partial charge in [0.1, 0.15) is 0 Å². The molecule has 0 unspecified atom stereocenters. The predicted molar refractivity (Wildman–Crippen MR) is 43.8 cm³/mol. The summed E-state index contributed by atoms with van der Waals surface area (Å²) < 4.78 is 14.3. The summed E-state index contributed by atoms with van der Waals surface area (Å²) in [6.07, 6.45) is 0. The summed E-state index contributed by atoms with van der Waals surface area (Å²) in [7, 11) is 0. The van der Waals surface area contributed by atoms with Crippen LogP contribution in [0.5, 0.6) is 0 Å². The van der Waals surface area contributed by atoms with E-state index >= 15 is 0 Å². The second-order valence-electron chi connectivity index (χ2n) is 1.46. The molecule has 1 heterocycles. The van der Waals surface area contributed by atoms with Gasteiger partial charge >= 0.3 is 0 Å². The number of thioether (sulfide) groups is 1. The molecule has 0 aliphatic carbocycles. The second kappa shape index (κ2) is 8.26. The Morgan fingerprint density at radius 3 is 2.00 bits per heavy atom. The lowest BCUT2D eigenvalue weighted by atomic mass is 10.6. The molecule has 1 saturated heterocycles. The molecular weight excluding hydrogens is 156 g/mol. The minimum atomic E-state index is -0.917. The van der Waals surface area contributed by atoms with Crippen molar-refractivity contribution in [1.29, 1.82) is 4.78 Å². The van der Waals surface area contributed by atoms with Crippen molar-refractivity contribution in [2.75, 3.05) is 24.6 Å². The molecule has 0 radical (unpaired) electrons. The van der Waals surface area contributed by atoms with Gasteiger partial charge in [0.15, 0.2) is 0 Å². The standard InChI is InChI=1S/C4H9NS.H3NOS/c1-3-6-4-2-5-1;1-3-2/h5H,1-4H2;1H,3H2. The largest absolute Gasteiger partial charge is 0.315 e. The zero-order chi connectivity index (χ0) is 6.95. The van der Waals surface area contributed by atoms with Crippen LogP contribution < -0.4 is 5.32 Å². The van der Waals surface area contributed by atoms with Crippen LogP contribution in [0.1, 0.15) is 0 Å². The summed E-state index contributed by atoms with van der Waals surface area (Å²) in [6, 6.07) is 0. The summed E-state index contributed by atoms with van der Waals surface area (Å²) in [5.74, 6) is 2.61. The van der Waals surface area contributed by atoms with Crippen LogP contribution in [0.3, 0.4) is 0 Å². The molecule has 2 N–H and O–H groups in total. The molecule has 0 aromatic carbocycles. The van der Waals surface area contributed by atoms with Crippen molar-refractivity contribution in [1.82, 2.24) is 5.32 Å². The van der Waals surface area contributed by atoms with Crippen LogP contribution in [0.25, 0.3) is 0 Å². The van der Waals surface area contributed by atoms with Gasteiger partial charge in [-0.05, 0) is 0 Å². The fourth-order valence-electron chi connectivity index (χ4n) is 0.516. The lowest BCUT2D eigenvalue weighted by molar-refractivity contribution is 0.697. The molecular formula is C4H12N2OS2. The molecule has 0 spiro atoms. The van der Waals surface area contributed by atoms with E-state index in [9.17, 15) is 0 Å². The first-order valence-electron chi connectivity index (χ1n) is 2.74. The second-order valence-corrected chi connectivity index (χ2v) is 2.89. The van der Waals surface area contributed by atoms with Crippen LogP contribution in [0.15, 0.2) is 0 Å². The fraction of sp³-hybridized carbons (Fsp3) is 1.00. The highest BCUT2D eigenvalue weighted by atomic mass is 32.2. The molecule has 0 saturated carbocycles. The normalized spacial score (nSPS) is 19.1. The molecule has 1 rings (SSSR count). The SMILES string of the molecule is C1CSCCN1.N=[SH2]=O. The zero-order valence-corrected chi connectivity index (χ0v) is 6.96. The fourth-order valence-corrected chi connectivity index (χ4v) is 1.30. The van der Waals surface area contributed by atoms with Crippen molar-refractivity contribution in [3.8, 4) is 0 Å². The van der Waals surface area contributed by atoms with Gasteiger partial charge in [0.25, 0.3) is 0 Å². The van der Waals surface area contributed by atoms with Crippen LogP contribution in [0.4, 0.5) is 0 Å². The van der Waals surface area contributed by atoms with Crippen molar-refractivity contribution >= 4 is 23.2 Å². The van der Waals surface area contributed by atoms with Crippen LogP contribution in [0, 0.1) is 4.78 Å². The van der Waals surface area contributed by atoms with Crippen molar-refractivity contribution in [3.05, 3.63) is 0 Å². The maximum Gasteiger partial charge on any atom is 0.0218 e. The Morgan fingerprint density at radius 1 is 1.44 bits per heavy atom. The lowest BCUT2D eigenvalue weighted by Crippen LogP contribution is -2.24. The van der Waals surface area contributed by atoms with E-state index in [1.807, 2.05) is 11.8 Å². The number of nitrogens with one attached hydrogen (secondary N) is 2. The van der Waals surface area contributed by atoms with E-state index in [0.29, 0.717) is 0 Å². The summed E-state index contributed by atoms with van der Waals surface area (Å²) in [5.41, 5.74) is 0. The Labute approximate surface area is 62.6 Å². The number of hydrogen-bond acceptors (Lipinski definition) is 4. The molecule has 0 bridgehead atoms. The average Bonchev–Trinajstić information content (AvgIpc) is 1.93. The highest BCUT2D eigenvalue weighted by Crippen LogP contribution is 1.99. The van der Waals surface area contributed by atoms with Gasteiger partial charge in [-0.25, -0.2) is 0 Å². The Bertz CT molecular complexity index is 77.1. The lowest BCUT2D eigenvalue weighted by Gasteiger charge is -2.08. The first-order chi connectivity index (χ1) is 4.41. The van der Waals surface area contributed by atoms with Crippen LogP contribution in [-0.2, 0) is 11.5 Å². The molecule has 0 amide bonds. The Balaban J connectivity index is 0.000000187. The quantitative estimate of drug-likeness (QED) is 0.524. The van der Waals surface area contributed by atoms with Crippen molar-refractivity contribution < 1.29 is 4.21 Å². The van der Waals surface area contributed by atoms with E-state index in [1.165, 1.54) is 24.6 Å². The Hall–Kier alpha value is 0.260. The third-order valence-corrected chi connectivity index (χ3v) is 1.83. The molecule has 0 atom stereocenters. The minimum Gasteiger partial charge on any atom is -0.315 e. The van der Waals surface area contributed by atoms with Gasteiger partial charge in [-0.2, -0.15) is 11.8 Å². The van der Waals surface area contributed by atoms with E-state index in [1.54, 1.807) is 0 Å². The van der Waals surface area contributed by atoms with Gasteiger partial charge in [-0.1, -0.05) is 0 Å². The molecule has 9 heavy (non-hydrogen) atoms. The van der Waals surface area contributed by atoms with Gasteiger partial charge < -0.3 is 5.32 Å². The van der Waals surface area contributed by atoms with Gasteiger partial charge in [-0.3, -0.25) is 8.99 Å². The summed E-state index contributed by atoms with van der Waals surface area (Å²) in [4.78, 5) is 0. The number of rotatable bonds is 0. The maximum atomic E-state index is 8.62. The average molecular weight is 168 g/mol. The molecule has 1 fully saturated rings. The predicted octanol–water partition coefficient (Wildman–Crippen LogP) is -0.251. The van der Waals surface area contributed by atoms with Gasteiger partial charge in [-0.15, -0.1) is 0 Å². The smallest absolute Gasteiger partial charge is 0.0218 e. The van der Waals surface area contributed by atoms with Gasteiger partial charge in [0.05, 0.1) is 0 Å². The Morgan fingerprint density at radius 2 is 1.89 bits per heavy atom. The Kier molecular flexibility index (Phi) is 8.50. The van der Waals surface area contributed by atoms with Crippen LogP contribution in [-0.4, -0.2) is 28.8 Å². The highest BCUT2D eigenvalue weighted by Gasteiger charge is 1.93. The molecule has 0 aromatic heterocycles. The van der Waals surface area contributed by atoms with E-state index in [4.69, 9.17) is 8.99 Å². The van der Waals surface area contributed by atoms with E-state index in [-0.39, 0.29) is 0 Å². The maximum absolute atomic E-state index is 8.62. The highest BCUT2D eigenvalue weighted by molar-refractivity contribution is 7.99. The minimum absolute atomic E-state index is 0.917. The van der Waals surface area contributed by atoms with E-state index < -0.39 is 11.5 Å². The van der Waals surface area contributed by atoms with Crippen molar-refractivity contribution in [2.24, 2.45) is 0 Å². The van der Waals surface area contributed by atoms with Crippen LogP contribution >= 0.6 is 11.8 Å². The first-order valence-corrected chi connectivity index (χ1v) is 4.80. The van der Waals surface area contributed by atoms with E-state index in [2.05, 4.69) is 5.32 Å².